The molecule has 0 saturated carbocycles. The summed E-state index contributed by atoms with van der Waals surface area (Å²) in [6.07, 6.45) is 0.700. The molecule has 0 spiro atoms. The minimum atomic E-state index is -0.195. The molecule has 21 heavy (non-hydrogen) atoms. The van der Waals surface area contributed by atoms with Crippen molar-refractivity contribution in [2.45, 2.75) is 40.5 Å². The average Bonchev–Trinajstić information content (AvgIpc) is 2.47. The predicted molar refractivity (Wildman–Crippen MR) is 83.5 cm³/mol. The Morgan fingerprint density at radius 3 is 2.10 bits per heavy atom. The van der Waals surface area contributed by atoms with E-state index in [1.165, 1.54) is 0 Å². The Morgan fingerprint density at radius 2 is 1.57 bits per heavy atom. The summed E-state index contributed by atoms with van der Waals surface area (Å²) in [5.74, 6) is -0.546. The fourth-order valence-electron chi connectivity index (χ4n) is 1.73. The van der Waals surface area contributed by atoms with Crippen LogP contribution in [0.4, 0.5) is 11.4 Å². The first-order valence-corrected chi connectivity index (χ1v) is 7.17. The number of nitrogens with one attached hydrogen (secondary N) is 2. The third kappa shape index (κ3) is 4.70. The van der Waals surface area contributed by atoms with E-state index in [2.05, 4.69) is 10.6 Å². The number of amides is 2. The van der Waals surface area contributed by atoms with Gasteiger partial charge in [-0.25, -0.2) is 0 Å². The molecule has 0 saturated heterocycles. The Hall–Kier alpha value is -2.17. The van der Waals surface area contributed by atoms with Crippen molar-refractivity contribution in [2.75, 3.05) is 10.6 Å². The van der Waals surface area contributed by atoms with Gasteiger partial charge >= 0.3 is 0 Å². The molecule has 2 N–H and O–H groups in total. The van der Waals surface area contributed by atoms with E-state index in [1.807, 2.05) is 0 Å². The number of carbonyl (C=O) groups is 3. The van der Waals surface area contributed by atoms with Crippen LogP contribution in [0.1, 0.15) is 50.9 Å². The van der Waals surface area contributed by atoms with Crippen molar-refractivity contribution >= 4 is 29.0 Å². The molecule has 1 aromatic rings. The Morgan fingerprint density at radius 1 is 1.00 bits per heavy atom. The number of ketones is 1. The van der Waals surface area contributed by atoms with Gasteiger partial charge in [0.25, 0.3) is 0 Å². The van der Waals surface area contributed by atoms with Crippen LogP contribution in [0.15, 0.2) is 18.2 Å². The first kappa shape index (κ1) is 16.9. The maximum Gasteiger partial charge on any atom is 0.224 e. The van der Waals surface area contributed by atoms with Crippen LogP contribution in [0, 0.1) is 5.92 Å². The fourth-order valence-corrected chi connectivity index (χ4v) is 1.73. The van der Waals surface area contributed by atoms with E-state index in [0.29, 0.717) is 29.8 Å². The van der Waals surface area contributed by atoms with Crippen molar-refractivity contribution in [3.63, 3.8) is 0 Å². The van der Waals surface area contributed by atoms with E-state index in [9.17, 15) is 14.4 Å². The smallest absolute Gasteiger partial charge is 0.224 e. The van der Waals surface area contributed by atoms with Crippen molar-refractivity contribution in [1.82, 2.24) is 0 Å². The summed E-state index contributed by atoms with van der Waals surface area (Å²) in [4.78, 5) is 35.3. The maximum atomic E-state index is 12.3. The van der Waals surface area contributed by atoms with Crippen LogP contribution in [0.5, 0.6) is 0 Å². The zero-order valence-corrected chi connectivity index (χ0v) is 12.9. The standard InChI is InChI=1S/C16H22N2O3/c1-5-14(19)17-11-7-8-13(18-15(20)6-2)12(9-11)16(21)10(3)4/h7-10H,5-6H2,1-4H3,(H,17,19)(H,18,20). The molecular formula is C16H22N2O3. The van der Waals surface area contributed by atoms with E-state index in [-0.39, 0.29) is 23.5 Å². The van der Waals surface area contributed by atoms with E-state index >= 15 is 0 Å². The Kier molecular flexibility index (Phi) is 6.09. The molecule has 0 fully saturated rings. The normalized spacial score (nSPS) is 10.3. The number of hydrogen-bond acceptors (Lipinski definition) is 3. The topological polar surface area (TPSA) is 75.3 Å². The predicted octanol–water partition coefficient (Wildman–Crippen LogP) is 3.22. The lowest BCUT2D eigenvalue weighted by Crippen LogP contribution is -2.17. The molecule has 2 amide bonds. The first-order chi connectivity index (χ1) is 9.88. The van der Waals surface area contributed by atoms with Gasteiger partial charge in [-0.3, -0.25) is 14.4 Å². The first-order valence-electron chi connectivity index (χ1n) is 7.17. The molecule has 0 aliphatic carbocycles. The molecule has 5 heteroatoms. The van der Waals surface area contributed by atoms with E-state index in [0.717, 1.165) is 0 Å². The molecule has 0 aliphatic heterocycles. The van der Waals surface area contributed by atoms with E-state index in [4.69, 9.17) is 0 Å². The summed E-state index contributed by atoms with van der Waals surface area (Å²) in [5.41, 5.74) is 1.45. The molecule has 1 rings (SSSR count). The van der Waals surface area contributed by atoms with Crippen LogP contribution in [-0.4, -0.2) is 17.6 Å². The van der Waals surface area contributed by atoms with Crippen molar-refractivity contribution in [3.05, 3.63) is 23.8 Å². The van der Waals surface area contributed by atoms with Gasteiger partial charge in [-0.1, -0.05) is 27.7 Å². The zero-order chi connectivity index (χ0) is 16.0. The number of rotatable bonds is 6. The lowest BCUT2D eigenvalue weighted by Gasteiger charge is -2.14. The van der Waals surface area contributed by atoms with Gasteiger partial charge in [0.15, 0.2) is 5.78 Å². The van der Waals surface area contributed by atoms with Crippen molar-refractivity contribution in [1.29, 1.82) is 0 Å². The van der Waals surface area contributed by atoms with E-state index < -0.39 is 0 Å². The van der Waals surface area contributed by atoms with Crippen LogP contribution in [0.25, 0.3) is 0 Å². The lowest BCUT2D eigenvalue weighted by molar-refractivity contribution is -0.116. The SMILES string of the molecule is CCC(=O)Nc1ccc(NC(=O)CC)c(C(=O)C(C)C)c1. The van der Waals surface area contributed by atoms with Crippen molar-refractivity contribution in [3.8, 4) is 0 Å². The summed E-state index contributed by atoms with van der Waals surface area (Å²) < 4.78 is 0. The van der Waals surface area contributed by atoms with Gasteiger partial charge in [0.1, 0.15) is 0 Å². The molecule has 0 atom stereocenters. The molecule has 0 aliphatic rings. The summed E-state index contributed by atoms with van der Waals surface area (Å²) >= 11 is 0. The number of anilines is 2. The summed E-state index contributed by atoms with van der Waals surface area (Å²) in [6.45, 7) is 7.09. The molecule has 0 aromatic heterocycles. The highest BCUT2D eigenvalue weighted by atomic mass is 16.2. The molecular weight excluding hydrogens is 268 g/mol. The molecule has 0 unspecified atom stereocenters. The van der Waals surface area contributed by atoms with Gasteiger partial charge < -0.3 is 10.6 Å². The van der Waals surface area contributed by atoms with Crippen LogP contribution in [0.2, 0.25) is 0 Å². The van der Waals surface area contributed by atoms with Gasteiger partial charge in [0, 0.05) is 30.0 Å². The molecule has 0 bridgehead atoms. The molecule has 0 radical (unpaired) electrons. The number of carbonyl (C=O) groups excluding carboxylic acids is 3. The highest BCUT2D eigenvalue weighted by Crippen LogP contribution is 2.24. The molecule has 5 nitrogen and oxygen atoms in total. The molecule has 114 valence electrons. The van der Waals surface area contributed by atoms with Gasteiger partial charge in [0.2, 0.25) is 11.8 Å². The average molecular weight is 290 g/mol. The second-order valence-electron chi connectivity index (χ2n) is 5.08. The number of Topliss-reactive ketones (excluding diaryl/α,β-unsaturated/α-hetero) is 1. The lowest BCUT2D eigenvalue weighted by atomic mass is 9.98. The summed E-state index contributed by atoms with van der Waals surface area (Å²) in [5, 5.41) is 5.43. The second-order valence-corrected chi connectivity index (χ2v) is 5.08. The highest BCUT2D eigenvalue weighted by Gasteiger charge is 2.17. The maximum absolute atomic E-state index is 12.3. The summed E-state index contributed by atoms with van der Waals surface area (Å²) in [7, 11) is 0. The van der Waals surface area contributed by atoms with Gasteiger partial charge in [-0.2, -0.15) is 0 Å². The highest BCUT2D eigenvalue weighted by molar-refractivity contribution is 6.07. The Bertz CT molecular complexity index is 550. The van der Waals surface area contributed by atoms with Crippen molar-refractivity contribution in [2.24, 2.45) is 5.92 Å². The Labute approximate surface area is 125 Å². The monoisotopic (exact) mass is 290 g/mol. The van der Waals surface area contributed by atoms with Crippen LogP contribution in [0.3, 0.4) is 0 Å². The largest absolute Gasteiger partial charge is 0.326 e. The zero-order valence-electron chi connectivity index (χ0n) is 12.9. The fraction of sp³-hybridized carbons (Fsp3) is 0.438. The summed E-state index contributed by atoms with van der Waals surface area (Å²) in [6, 6.07) is 4.94. The third-order valence-corrected chi connectivity index (χ3v) is 3.01. The second kappa shape index (κ2) is 7.57. The minimum absolute atomic E-state index is 0.0750. The molecule has 0 heterocycles. The minimum Gasteiger partial charge on any atom is -0.326 e. The number of benzene rings is 1. The van der Waals surface area contributed by atoms with Crippen molar-refractivity contribution < 1.29 is 14.4 Å². The number of hydrogen-bond donors (Lipinski definition) is 2. The van der Waals surface area contributed by atoms with Gasteiger partial charge in [-0.15, -0.1) is 0 Å². The third-order valence-electron chi connectivity index (χ3n) is 3.01. The van der Waals surface area contributed by atoms with Gasteiger partial charge in [0.05, 0.1) is 5.69 Å². The Balaban J connectivity index is 3.16. The quantitative estimate of drug-likeness (QED) is 0.790. The van der Waals surface area contributed by atoms with E-state index in [1.54, 1.807) is 45.9 Å². The van der Waals surface area contributed by atoms with Crippen LogP contribution < -0.4 is 10.6 Å². The van der Waals surface area contributed by atoms with Crippen LogP contribution >= 0.6 is 0 Å². The van der Waals surface area contributed by atoms with Gasteiger partial charge in [-0.05, 0) is 18.2 Å². The van der Waals surface area contributed by atoms with Crippen LogP contribution in [-0.2, 0) is 9.59 Å². The molecule has 1 aromatic carbocycles.